The number of aliphatic hydroxyl groups is 2. The van der Waals surface area contributed by atoms with Crippen molar-refractivity contribution in [1.82, 2.24) is 10.1 Å². The molecule has 0 bridgehead atoms. The highest BCUT2D eigenvalue weighted by Gasteiger charge is 2.53. The molecular weight excluding hydrogens is 341 g/mol. The first-order valence-corrected chi connectivity index (χ1v) is 6.33. The molecule has 0 spiro atoms. The topological polar surface area (TPSA) is 103 Å². The minimum Gasteiger partial charge on any atom is -0.358 e. The molecule has 1 heterocycles. The van der Waals surface area contributed by atoms with E-state index in [1.54, 1.807) is 0 Å². The molecule has 6 nitrogen and oxygen atoms in total. The maximum atomic E-state index is 12.4. The van der Waals surface area contributed by atoms with Crippen LogP contribution < -0.4 is 0 Å². The van der Waals surface area contributed by atoms with E-state index in [0.717, 1.165) is 0 Å². The molecule has 24 heavy (non-hydrogen) atoms. The van der Waals surface area contributed by atoms with Crippen LogP contribution >= 0.6 is 0 Å². The largest absolute Gasteiger partial charge is 0.443 e. The summed E-state index contributed by atoms with van der Waals surface area (Å²) >= 11 is 0. The zero-order chi connectivity index (χ0) is 18.1. The van der Waals surface area contributed by atoms with Crippen LogP contribution in [0.15, 0.2) is 28.8 Å². The molecule has 0 fully saturated rings. The number of benzene rings is 1. The van der Waals surface area contributed by atoms with Gasteiger partial charge in [-0.15, -0.1) is 0 Å². The number of nitrogens with zero attached hydrogens (tertiary/aromatic N) is 2. The molecule has 3 N–H and O–H groups in total. The first kappa shape index (κ1) is 17.9. The summed E-state index contributed by atoms with van der Waals surface area (Å²) in [6.07, 6.45) is -9.62. The van der Waals surface area contributed by atoms with Crippen molar-refractivity contribution in [3.63, 3.8) is 0 Å². The Morgan fingerprint density at radius 3 is 2.21 bits per heavy atom. The molecule has 11 heteroatoms. The molecule has 0 aliphatic heterocycles. The molecule has 1 aromatic heterocycles. The van der Waals surface area contributed by atoms with Crippen LogP contribution in [0.4, 0.5) is 22.0 Å². The minimum atomic E-state index is -5.31. The van der Waals surface area contributed by atoms with Crippen molar-refractivity contribution in [2.45, 2.75) is 24.8 Å². The monoisotopic (exact) mass is 351 g/mol. The Morgan fingerprint density at radius 1 is 1.17 bits per heavy atom. The van der Waals surface area contributed by atoms with Gasteiger partial charge in [0.1, 0.15) is 0 Å². The summed E-state index contributed by atoms with van der Waals surface area (Å²) in [7, 11) is 0. The fraction of sp³-hybridized carbons (Fsp3) is 0.308. The lowest BCUT2D eigenvalue weighted by Crippen LogP contribution is -2.46. The van der Waals surface area contributed by atoms with Crippen LogP contribution in [0.3, 0.4) is 0 Å². The van der Waals surface area contributed by atoms with Crippen LogP contribution in [-0.4, -0.2) is 38.0 Å². The second-order valence-electron chi connectivity index (χ2n) is 4.80. The Balaban J connectivity index is 2.15. The summed E-state index contributed by atoms with van der Waals surface area (Å²) in [6, 6.07) is 4.94. The average Bonchev–Trinajstić information content (AvgIpc) is 2.95. The van der Waals surface area contributed by atoms with E-state index in [-0.39, 0.29) is 17.0 Å². The van der Waals surface area contributed by atoms with Crippen LogP contribution in [-0.2, 0) is 0 Å². The van der Waals surface area contributed by atoms with E-state index in [1.165, 1.54) is 24.3 Å². The van der Waals surface area contributed by atoms with Gasteiger partial charge in [-0.3, -0.25) is 0 Å². The molecule has 0 amide bonds. The number of nitrogens with one attached hydrogen (secondary N) is 1. The van der Waals surface area contributed by atoms with Gasteiger partial charge in [0.2, 0.25) is 5.82 Å². The number of halogens is 5. The molecule has 1 aromatic carbocycles. The van der Waals surface area contributed by atoms with Gasteiger partial charge in [-0.2, -0.15) is 26.9 Å². The van der Waals surface area contributed by atoms with Gasteiger partial charge in [0.05, 0.1) is 6.42 Å². The van der Waals surface area contributed by atoms with Crippen molar-refractivity contribution in [3.05, 3.63) is 35.7 Å². The predicted molar refractivity (Wildman–Crippen MR) is 69.4 cm³/mol. The zero-order valence-corrected chi connectivity index (χ0v) is 11.7. The molecule has 0 unspecified atom stereocenters. The molecule has 0 atom stereocenters. The number of hydrogen-bond donors (Lipinski definition) is 3. The van der Waals surface area contributed by atoms with Crippen molar-refractivity contribution in [3.8, 4) is 11.4 Å². The Morgan fingerprint density at radius 2 is 1.75 bits per heavy atom. The van der Waals surface area contributed by atoms with Crippen molar-refractivity contribution >= 4 is 5.71 Å². The number of rotatable bonds is 5. The summed E-state index contributed by atoms with van der Waals surface area (Å²) in [5, 5.41) is 28.8. The molecule has 0 radical (unpaired) electrons. The average molecular weight is 351 g/mol. The highest BCUT2D eigenvalue weighted by atomic mass is 19.4. The maximum absolute atomic E-state index is 12.4. The van der Waals surface area contributed by atoms with Crippen LogP contribution in [0.25, 0.3) is 11.4 Å². The highest BCUT2D eigenvalue weighted by Crippen LogP contribution is 2.32. The summed E-state index contributed by atoms with van der Waals surface area (Å²) in [5.41, 5.74) is -0.462. The summed E-state index contributed by atoms with van der Waals surface area (Å²) in [6.45, 7) is 0. The van der Waals surface area contributed by atoms with Crippen molar-refractivity contribution in [2.24, 2.45) is 0 Å². The predicted octanol–water partition coefficient (Wildman–Crippen LogP) is 2.68. The molecule has 0 aliphatic rings. The van der Waals surface area contributed by atoms with Gasteiger partial charge in [-0.1, -0.05) is 29.4 Å². The summed E-state index contributed by atoms with van der Waals surface area (Å²) in [5.74, 6) is -5.06. The van der Waals surface area contributed by atoms with Gasteiger partial charge in [0.25, 0.3) is 11.7 Å². The smallest absolute Gasteiger partial charge is 0.358 e. The van der Waals surface area contributed by atoms with Gasteiger partial charge in [-0.25, -0.2) is 0 Å². The van der Waals surface area contributed by atoms with Crippen molar-refractivity contribution < 1.29 is 36.7 Å². The first-order valence-electron chi connectivity index (χ1n) is 6.33. The van der Waals surface area contributed by atoms with Crippen molar-refractivity contribution in [2.75, 3.05) is 0 Å². The van der Waals surface area contributed by atoms with Gasteiger partial charge < -0.3 is 20.1 Å². The van der Waals surface area contributed by atoms with E-state index in [1.807, 2.05) is 0 Å². The molecular formula is C13H10F5N3O3. The van der Waals surface area contributed by atoms with Gasteiger partial charge in [-0.05, 0) is 5.56 Å². The Kier molecular flexibility index (Phi) is 4.67. The Hall–Kier alpha value is -2.40. The van der Waals surface area contributed by atoms with E-state index in [4.69, 9.17) is 15.6 Å². The second kappa shape index (κ2) is 6.24. The van der Waals surface area contributed by atoms with Crippen LogP contribution in [0.5, 0.6) is 0 Å². The lowest BCUT2D eigenvalue weighted by Gasteiger charge is -2.24. The van der Waals surface area contributed by atoms with Crippen molar-refractivity contribution in [1.29, 1.82) is 5.41 Å². The highest BCUT2D eigenvalue weighted by molar-refractivity contribution is 5.99. The van der Waals surface area contributed by atoms with E-state index in [0.29, 0.717) is 0 Å². The van der Waals surface area contributed by atoms with Gasteiger partial charge >= 0.3 is 12.6 Å². The lowest BCUT2D eigenvalue weighted by atomic mass is 10.0. The fourth-order valence-electron chi connectivity index (χ4n) is 1.71. The minimum absolute atomic E-state index is 0.0203. The summed E-state index contributed by atoms with van der Waals surface area (Å²) in [4.78, 5) is 3.44. The molecule has 2 aromatic rings. The molecule has 0 saturated carbocycles. The quantitative estimate of drug-likeness (QED) is 0.437. The Bertz CT molecular complexity index is 725. The number of alkyl halides is 5. The first-order chi connectivity index (χ1) is 11.0. The second-order valence-corrected chi connectivity index (χ2v) is 4.80. The summed E-state index contributed by atoms with van der Waals surface area (Å²) < 4.78 is 66.2. The maximum Gasteiger partial charge on any atom is 0.443 e. The molecule has 2 rings (SSSR count). The third kappa shape index (κ3) is 3.74. The molecule has 0 aliphatic carbocycles. The number of aromatic nitrogens is 2. The zero-order valence-electron chi connectivity index (χ0n) is 11.7. The van der Waals surface area contributed by atoms with E-state index < -0.39 is 36.4 Å². The van der Waals surface area contributed by atoms with Gasteiger partial charge in [0.15, 0.2) is 0 Å². The van der Waals surface area contributed by atoms with Crippen LogP contribution in [0, 0.1) is 5.41 Å². The third-order valence-electron chi connectivity index (χ3n) is 3.00. The van der Waals surface area contributed by atoms with Crippen LogP contribution in [0.1, 0.15) is 24.3 Å². The SMILES string of the molecule is N=C(CC(O)(O)C(F)(F)F)c1ccc(-c2noc(C(F)F)n2)cc1. The third-order valence-corrected chi connectivity index (χ3v) is 3.00. The number of hydrogen-bond acceptors (Lipinski definition) is 6. The van der Waals surface area contributed by atoms with Crippen LogP contribution in [0.2, 0.25) is 0 Å². The lowest BCUT2D eigenvalue weighted by molar-refractivity contribution is -0.344. The molecule has 0 saturated heterocycles. The standard InChI is InChI=1S/C13H10F5N3O3/c14-9(15)11-20-10(21-24-11)7-3-1-6(2-4-7)8(19)5-12(22,23)13(16,17)18/h1-4,9,19,22-23H,5H2. The van der Waals surface area contributed by atoms with E-state index in [2.05, 4.69) is 14.7 Å². The Labute approximate surface area is 131 Å². The molecule has 130 valence electrons. The normalized spacial score (nSPS) is 12.7. The van der Waals surface area contributed by atoms with Gasteiger partial charge in [0, 0.05) is 11.3 Å². The van der Waals surface area contributed by atoms with E-state index >= 15 is 0 Å². The van der Waals surface area contributed by atoms with E-state index in [9.17, 15) is 22.0 Å². The fourth-order valence-corrected chi connectivity index (χ4v) is 1.71.